The van der Waals surface area contributed by atoms with Crippen molar-refractivity contribution in [1.29, 1.82) is 0 Å². The van der Waals surface area contributed by atoms with Crippen molar-refractivity contribution >= 4 is 34.8 Å². The third-order valence-electron chi connectivity index (χ3n) is 2.97. The molecule has 2 aromatic rings. The molecule has 0 bridgehead atoms. The molecule has 0 aliphatic rings. The number of hydrogen-bond acceptors (Lipinski definition) is 5. The van der Waals surface area contributed by atoms with E-state index in [4.69, 9.17) is 21.2 Å². The van der Waals surface area contributed by atoms with Gasteiger partial charge in [0.2, 0.25) is 0 Å². The number of thiophene rings is 1. The lowest BCUT2D eigenvalue weighted by Crippen LogP contribution is -2.43. The summed E-state index contributed by atoms with van der Waals surface area (Å²) in [5.74, 6) is -0.848. The number of nitrogens with one attached hydrogen (secondary N) is 1. The molecule has 0 aliphatic carbocycles. The molecule has 2 N–H and O–H groups in total. The van der Waals surface area contributed by atoms with Gasteiger partial charge in [-0.1, -0.05) is 16.8 Å². The Morgan fingerprint density at radius 1 is 1.45 bits per heavy atom. The smallest absolute Gasteiger partial charge is 0.303 e. The van der Waals surface area contributed by atoms with Crippen molar-refractivity contribution in [3.8, 4) is 10.6 Å². The Kier molecular flexibility index (Phi) is 4.87. The molecule has 0 unspecified atom stereocenters. The van der Waals surface area contributed by atoms with E-state index in [1.54, 1.807) is 26.0 Å². The number of hydrogen-bond donors (Lipinski definition) is 2. The van der Waals surface area contributed by atoms with Crippen LogP contribution in [0.15, 0.2) is 22.7 Å². The molecule has 22 heavy (non-hydrogen) atoms. The highest BCUT2D eigenvalue weighted by atomic mass is 35.5. The van der Waals surface area contributed by atoms with E-state index in [0.717, 1.165) is 4.88 Å². The van der Waals surface area contributed by atoms with E-state index in [2.05, 4.69) is 10.5 Å². The molecule has 2 heterocycles. The number of aromatic nitrogens is 1. The van der Waals surface area contributed by atoms with Crippen molar-refractivity contribution in [2.75, 3.05) is 0 Å². The minimum absolute atomic E-state index is 0.0228. The second-order valence-corrected chi connectivity index (χ2v) is 7.13. The fourth-order valence-electron chi connectivity index (χ4n) is 1.80. The van der Waals surface area contributed by atoms with Gasteiger partial charge in [-0.3, -0.25) is 9.59 Å². The van der Waals surface area contributed by atoms with Gasteiger partial charge in [0.15, 0.2) is 11.5 Å². The van der Waals surface area contributed by atoms with Gasteiger partial charge < -0.3 is 14.9 Å². The summed E-state index contributed by atoms with van der Waals surface area (Å²) in [5, 5.41) is 15.2. The van der Waals surface area contributed by atoms with Gasteiger partial charge in [0.25, 0.3) is 5.91 Å². The van der Waals surface area contributed by atoms with Crippen LogP contribution < -0.4 is 5.32 Å². The maximum atomic E-state index is 12.2. The third-order valence-corrected chi connectivity index (χ3v) is 4.22. The van der Waals surface area contributed by atoms with Gasteiger partial charge in [-0.2, -0.15) is 0 Å². The Morgan fingerprint density at radius 2 is 2.18 bits per heavy atom. The van der Waals surface area contributed by atoms with Gasteiger partial charge >= 0.3 is 5.97 Å². The number of carboxylic acids is 1. The van der Waals surface area contributed by atoms with Gasteiger partial charge in [0.05, 0.1) is 9.21 Å². The first-order chi connectivity index (χ1) is 10.3. The number of rotatable bonds is 6. The Morgan fingerprint density at radius 3 is 2.77 bits per heavy atom. The number of aliphatic carboxylic acids is 1. The normalized spacial score (nSPS) is 11.4. The van der Waals surface area contributed by atoms with Crippen LogP contribution in [0.5, 0.6) is 0 Å². The van der Waals surface area contributed by atoms with Crippen LogP contribution >= 0.6 is 22.9 Å². The fourth-order valence-corrected chi connectivity index (χ4v) is 2.79. The first-order valence-electron chi connectivity index (χ1n) is 6.53. The summed E-state index contributed by atoms with van der Waals surface area (Å²) in [5.41, 5.74) is -0.510. The van der Waals surface area contributed by atoms with Crippen molar-refractivity contribution in [1.82, 2.24) is 10.5 Å². The topological polar surface area (TPSA) is 92.4 Å². The predicted octanol–water partition coefficient (Wildman–Crippen LogP) is 3.43. The van der Waals surface area contributed by atoms with Gasteiger partial charge in [-0.05, 0) is 32.4 Å². The molecular formula is C14H15ClN2O4S. The summed E-state index contributed by atoms with van der Waals surface area (Å²) in [6.45, 7) is 3.52. The summed E-state index contributed by atoms with van der Waals surface area (Å²) in [6, 6.07) is 5.05. The Bertz CT molecular complexity index is 693. The number of carbonyl (C=O) groups excluding carboxylic acids is 1. The highest BCUT2D eigenvalue weighted by Gasteiger charge is 2.24. The summed E-state index contributed by atoms with van der Waals surface area (Å²) in [7, 11) is 0. The van der Waals surface area contributed by atoms with Crippen LogP contribution in [0.4, 0.5) is 0 Å². The Balaban J connectivity index is 2.04. The molecule has 8 heteroatoms. The molecule has 0 atom stereocenters. The van der Waals surface area contributed by atoms with Crippen LogP contribution in [0, 0.1) is 0 Å². The second-order valence-electron chi connectivity index (χ2n) is 5.41. The van der Waals surface area contributed by atoms with Gasteiger partial charge in [0, 0.05) is 18.0 Å². The van der Waals surface area contributed by atoms with Gasteiger partial charge in [-0.15, -0.1) is 11.3 Å². The van der Waals surface area contributed by atoms with Crippen molar-refractivity contribution in [2.45, 2.75) is 32.2 Å². The second kappa shape index (κ2) is 6.50. The average molecular weight is 343 g/mol. The third kappa shape index (κ3) is 4.32. The first kappa shape index (κ1) is 16.5. The fraction of sp³-hybridized carbons (Fsp3) is 0.357. The molecule has 2 aromatic heterocycles. The van der Waals surface area contributed by atoms with Crippen molar-refractivity contribution in [3.05, 3.63) is 28.2 Å². The van der Waals surface area contributed by atoms with E-state index in [-0.39, 0.29) is 12.1 Å². The number of nitrogens with zero attached hydrogens (tertiary/aromatic N) is 1. The lowest BCUT2D eigenvalue weighted by atomic mass is 9.98. The van der Waals surface area contributed by atoms with E-state index >= 15 is 0 Å². The molecule has 118 valence electrons. The first-order valence-corrected chi connectivity index (χ1v) is 7.73. The Hall–Kier alpha value is -1.86. The van der Waals surface area contributed by atoms with Gasteiger partial charge in [0.1, 0.15) is 0 Å². The Labute approximate surface area is 136 Å². The molecule has 0 radical (unpaired) electrons. The maximum Gasteiger partial charge on any atom is 0.303 e. The molecule has 6 nitrogen and oxygen atoms in total. The zero-order valence-electron chi connectivity index (χ0n) is 12.1. The molecular weight excluding hydrogens is 328 g/mol. The van der Waals surface area contributed by atoms with Crippen LogP contribution in [0.1, 0.15) is 37.2 Å². The van der Waals surface area contributed by atoms with Crippen LogP contribution in [-0.4, -0.2) is 27.7 Å². The highest BCUT2D eigenvalue weighted by molar-refractivity contribution is 7.19. The lowest BCUT2D eigenvalue weighted by molar-refractivity contribution is -0.137. The lowest BCUT2D eigenvalue weighted by Gasteiger charge is -2.24. The van der Waals surface area contributed by atoms with Crippen LogP contribution in [0.3, 0.4) is 0 Å². The van der Waals surface area contributed by atoms with Crippen molar-refractivity contribution in [2.24, 2.45) is 0 Å². The predicted molar refractivity (Wildman–Crippen MR) is 83.2 cm³/mol. The summed E-state index contributed by atoms with van der Waals surface area (Å²) >= 11 is 7.18. The standard InChI is InChI=1S/C14H15ClN2O4S/c1-14(2,6-5-12(18)19)16-13(20)8-7-9(21-17-8)10-3-4-11(15)22-10/h3-4,7H,5-6H2,1-2H3,(H,16,20)(H,18,19). The molecule has 1 amide bonds. The molecule has 2 rings (SSSR count). The van der Waals surface area contributed by atoms with Crippen molar-refractivity contribution < 1.29 is 19.2 Å². The molecule has 0 aliphatic heterocycles. The van der Waals surface area contributed by atoms with Crippen LogP contribution in [-0.2, 0) is 4.79 Å². The summed E-state index contributed by atoms with van der Waals surface area (Å²) in [4.78, 5) is 23.5. The minimum atomic E-state index is -0.902. The van der Waals surface area contributed by atoms with Crippen molar-refractivity contribution in [3.63, 3.8) is 0 Å². The van der Waals surface area contributed by atoms with E-state index < -0.39 is 17.4 Å². The monoisotopic (exact) mass is 342 g/mol. The number of carbonyl (C=O) groups is 2. The quantitative estimate of drug-likeness (QED) is 0.839. The van der Waals surface area contributed by atoms with E-state index in [1.165, 1.54) is 17.4 Å². The molecule has 0 spiro atoms. The highest BCUT2D eigenvalue weighted by Crippen LogP contribution is 2.31. The van der Waals surface area contributed by atoms with E-state index in [1.807, 2.05) is 0 Å². The number of carboxylic acid groups (broad SMARTS) is 1. The molecule has 0 saturated heterocycles. The maximum absolute atomic E-state index is 12.2. The molecule has 0 aromatic carbocycles. The summed E-state index contributed by atoms with van der Waals surface area (Å²) < 4.78 is 5.76. The largest absolute Gasteiger partial charge is 0.481 e. The average Bonchev–Trinajstić information content (AvgIpc) is 3.04. The van der Waals surface area contributed by atoms with E-state index in [9.17, 15) is 9.59 Å². The summed E-state index contributed by atoms with van der Waals surface area (Å²) in [6.07, 6.45) is 0.296. The number of amides is 1. The SMILES string of the molecule is CC(C)(CCC(=O)O)NC(=O)c1cc(-c2ccc(Cl)s2)on1. The van der Waals surface area contributed by atoms with Crippen LogP contribution in [0.2, 0.25) is 4.34 Å². The number of halogens is 1. The van der Waals surface area contributed by atoms with E-state index in [0.29, 0.717) is 16.5 Å². The molecule has 0 saturated carbocycles. The minimum Gasteiger partial charge on any atom is -0.481 e. The van der Waals surface area contributed by atoms with Crippen LogP contribution in [0.25, 0.3) is 10.6 Å². The zero-order chi connectivity index (χ0) is 16.3. The zero-order valence-corrected chi connectivity index (χ0v) is 13.6. The van der Waals surface area contributed by atoms with Gasteiger partial charge in [-0.25, -0.2) is 0 Å². The molecule has 0 fully saturated rings.